The number of aryl methyl sites for hydroxylation is 1. The highest BCUT2D eigenvalue weighted by Gasteiger charge is 2.12. The van der Waals surface area contributed by atoms with Gasteiger partial charge in [0.15, 0.2) is 0 Å². The third kappa shape index (κ3) is 5.00. The third-order valence-corrected chi connectivity index (χ3v) is 2.59. The summed E-state index contributed by atoms with van der Waals surface area (Å²) in [7, 11) is 0. The molecule has 94 valence electrons. The second-order valence-corrected chi connectivity index (χ2v) is 4.17. The molecule has 1 atom stereocenters. The molecular weight excluding hydrogens is 214 g/mol. The largest absolute Gasteiger partial charge is 0.465 e. The van der Waals surface area contributed by atoms with Crippen LogP contribution in [0.4, 0.5) is 0 Å². The molecule has 0 radical (unpaired) electrons. The first-order chi connectivity index (χ1) is 8.13. The lowest BCUT2D eigenvalue weighted by Crippen LogP contribution is -2.36. The van der Waals surface area contributed by atoms with Gasteiger partial charge in [-0.05, 0) is 39.3 Å². The molecule has 0 aliphatic heterocycles. The highest BCUT2D eigenvalue weighted by Crippen LogP contribution is 2.04. The summed E-state index contributed by atoms with van der Waals surface area (Å²) in [5.74, 6) is -0.184. The maximum Gasteiger partial charge on any atom is 0.322 e. The number of rotatable bonds is 6. The van der Waals surface area contributed by atoms with E-state index in [-0.39, 0.29) is 12.0 Å². The van der Waals surface area contributed by atoms with Crippen molar-refractivity contribution in [1.82, 2.24) is 5.32 Å². The van der Waals surface area contributed by atoms with Gasteiger partial charge in [-0.3, -0.25) is 4.79 Å². The molecule has 0 aliphatic carbocycles. The molecule has 3 nitrogen and oxygen atoms in total. The van der Waals surface area contributed by atoms with Gasteiger partial charge in [0.05, 0.1) is 6.61 Å². The molecule has 1 rings (SSSR count). The van der Waals surface area contributed by atoms with E-state index in [0.717, 1.165) is 13.0 Å². The van der Waals surface area contributed by atoms with Gasteiger partial charge in [0, 0.05) is 0 Å². The van der Waals surface area contributed by atoms with Crippen LogP contribution < -0.4 is 5.32 Å². The molecule has 1 N–H and O–H groups in total. The predicted molar refractivity (Wildman–Crippen MR) is 69.0 cm³/mol. The van der Waals surface area contributed by atoms with E-state index < -0.39 is 0 Å². The van der Waals surface area contributed by atoms with E-state index in [1.807, 2.05) is 13.8 Å². The van der Waals surface area contributed by atoms with E-state index >= 15 is 0 Å². The molecule has 1 unspecified atom stereocenters. The molecule has 0 aromatic heterocycles. The van der Waals surface area contributed by atoms with Gasteiger partial charge < -0.3 is 10.1 Å². The SMILES string of the molecule is CCOC(=O)C(C)NCCc1cccc(C)c1. The Morgan fingerprint density at radius 2 is 2.24 bits per heavy atom. The number of ether oxygens (including phenoxy) is 1. The summed E-state index contributed by atoms with van der Waals surface area (Å²) in [5.41, 5.74) is 2.55. The van der Waals surface area contributed by atoms with Gasteiger partial charge in [0.2, 0.25) is 0 Å². The average molecular weight is 235 g/mol. The molecule has 0 saturated carbocycles. The minimum atomic E-state index is -0.236. The van der Waals surface area contributed by atoms with E-state index in [2.05, 4.69) is 36.5 Å². The molecule has 0 saturated heterocycles. The van der Waals surface area contributed by atoms with Crippen LogP contribution in [-0.4, -0.2) is 25.2 Å². The fourth-order valence-corrected chi connectivity index (χ4v) is 1.65. The molecule has 1 aromatic rings. The fourth-order valence-electron chi connectivity index (χ4n) is 1.65. The minimum Gasteiger partial charge on any atom is -0.465 e. The Morgan fingerprint density at radius 1 is 1.47 bits per heavy atom. The Labute approximate surface area is 103 Å². The van der Waals surface area contributed by atoms with Crippen LogP contribution in [0, 0.1) is 6.92 Å². The van der Waals surface area contributed by atoms with E-state index in [0.29, 0.717) is 6.61 Å². The molecule has 0 aliphatic rings. The van der Waals surface area contributed by atoms with Crippen LogP contribution in [0.1, 0.15) is 25.0 Å². The van der Waals surface area contributed by atoms with Gasteiger partial charge in [0.25, 0.3) is 0 Å². The molecule has 0 spiro atoms. The number of hydrogen-bond donors (Lipinski definition) is 1. The quantitative estimate of drug-likeness (QED) is 0.767. The van der Waals surface area contributed by atoms with E-state index in [9.17, 15) is 4.79 Å². The Morgan fingerprint density at radius 3 is 2.88 bits per heavy atom. The Kier molecular flexibility index (Phi) is 5.70. The van der Waals surface area contributed by atoms with Crippen LogP contribution in [0.3, 0.4) is 0 Å². The summed E-state index contributed by atoms with van der Waals surface area (Å²) in [4.78, 5) is 11.4. The van der Waals surface area contributed by atoms with Gasteiger partial charge in [0.1, 0.15) is 6.04 Å². The normalized spacial score (nSPS) is 12.2. The first kappa shape index (κ1) is 13.7. The molecular formula is C14H21NO2. The highest BCUT2D eigenvalue weighted by atomic mass is 16.5. The van der Waals surface area contributed by atoms with Gasteiger partial charge in [-0.15, -0.1) is 0 Å². The van der Waals surface area contributed by atoms with Crippen LogP contribution in [0.25, 0.3) is 0 Å². The average Bonchev–Trinajstić information content (AvgIpc) is 2.29. The first-order valence-corrected chi connectivity index (χ1v) is 6.09. The first-order valence-electron chi connectivity index (χ1n) is 6.09. The van der Waals surface area contributed by atoms with Crippen molar-refractivity contribution in [2.24, 2.45) is 0 Å². The van der Waals surface area contributed by atoms with Crippen LogP contribution in [-0.2, 0) is 16.0 Å². The molecule has 1 aromatic carbocycles. The fraction of sp³-hybridized carbons (Fsp3) is 0.500. The summed E-state index contributed by atoms with van der Waals surface area (Å²) < 4.78 is 4.92. The predicted octanol–water partition coefficient (Wildman–Crippen LogP) is 2.08. The van der Waals surface area contributed by atoms with Crippen LogP contribution in [0.5, 0.6) is 0 Å². The number of hydrogen-bond acceptors (Lipinski definition) is 3. The van der Waals surface area contributed by atoms with Crippen molar-refractivity contribution in [2.75, 3.05) is 13.2 Å². The van der Waals surface area contributed by atoms with Crippen molar-refractivity contribution in [3.8, 4) is 0 Å². The third-order valence-electron chi connectivity index (χ3n) is 2.59. The highest BCUT2D eigenvalue weighted by molar-refractivity contribution is 5.75. The molecule has 3 heteroatoms. The number of esters is 1. The standard InChI is InChI=1S/C14H21NO2/c1-4-17-14(16)12(3)15-9-8-13-7-5-6-11(2)10-13/h5-7,10,12,15H,4,8-9H2,1-3H3. The van der Waals surface area contributed by atoms with E-state index in [4.69, 9.17) is 4.74 Å². The molecule has 0 bridgehead atoms. The molecule has 0 fully saturated rings. The zero-order chi connectivity index (χ0) is 12.7. The van der Waals surface area contributed by atoms with Crippen molar-refractivity contribution in [1.29, 1.82) is 0 Å². The van der Waals surface area contributed by atoms with E-state index in [1.54, 1.807) is 0 Å². The lowest BCUT2D eigenvalue weighted by molar-refractivity contribution is -0.145. The Bertz CT molecular complexity index is 363. The van der Waals surface area contributed by atoms with Crippen molar-refractivity contribution < 1.29 is 9.53 Å². The topological polar surface area (TPSA) is 38.3 Å². The Balaban J connectivity index is 2.30. The van der Waals surface area contributed by atoms with Crippen LogP contribution in [0.15, 0.2) is 24.3 Å². The van der Waals surface area contributed by atoms with Gasteiger partial charge in [-0.25, -0.2) is 0 Å². The number of nitrogens with one attached hydrogen (secondary N) is 1. The Hall–Kier alpha value is -1.35. The van der Waals surface area contributed by atoms with Crippen molar-refractivity contribution >= 4 is 5.97 Å². The summed E-state index contributed by atoms with van der Waals surface area (Å²) in [5, 5.41) is 3.16. The second-order valence-electron chi connectivity index (χ2n) is 4.17. The molecule has 0 amide bonds. The minimum absolute atomic E-state index is 0.184. The van der Waals surface area contributed by atoms with Crippen LogP contribution in [0.2, 0.25) is 0 Å². The van der Waals surface area contributed by atoms with Gasteiger partial charge in [-0.1, -0.05) is 29.8 Å². The number of carbonyl (C=O) groups is 1. The summed E-state index contributed by atoms with van der Waals surface area (Å²) in [6.07, 6.45) is 0.922. The van der Waals surface area contributed by atoms with Crippen molar-refractivity contribution in [3.63, 3.8) is 0 Å². The molecule has 17 heavy (non-hydrogen) atoms. The maximum absolute atomic E-state index is 11.4. The summed E-state index contributed by atoms with van der Waals surface area (Å²) in [6, 6.07) is 8.16. The second kappa shape index (κ2) is 7.07. The number of carbonyl (C=O) groups excluding carboxylic acids is 1. The van der Waals surface area contributed by atoms with Crippen molar-refractivity contribution in [3.05, 3.63) is 35.4 Å². The van der Waals surface area contributed by atoms with Gasteiger partial charge >= 0.3 is 5.97 Å². The van der Waals surface area contributed by atoms with E-state index in [1.165, 1.54) is 11.1 Å². The maximum atomic E-state index is 11.4. The summed E-state index contributed by atoms with van der Waals surface area (Å²) in [6.45, 7) is 6.94. The molecule has 0 heterocycles. The van der Waals surface area contributed by atoms with Crippen LogP contribution >= 0.6 is 0 Å². The number of benzene rings is 1. The summed E-state index contributed by atoms with van der Waals surface area (Å²) >= 11 is 0. The lowest BCUT2D eigenvalue weighted by atomic mass is 10.1. The smallest absolute Gasteiger partial charge is 0.322 e. The zero-order valence-electron chi connectivity index (χ0n) is 10.8. The van der Waals surface area contributed by atoms with Crippen molar-refractivity contribution in [2.45, 2.75) is 33.2 Å². The monoisotopic (exact) mass is 235 g/mol. The zero-order valence-corrected chi connectivity index (χ0v) is 10.8. The lowest BCUT2D eigenvalue weighted by Gasteiger charge is -2.12. The van der Waals surface area contributed by atoms with Gasteiger partial charge in [-0.2, -0.15) is 0 Å².